The zero-order valence-electron chi connectivity index (χ0n) is 18.2. The normalized spacial score (nSPS) is 15.8. The highest BCUT2D eigenvalue weighted by Gasteiger charge is 2.17. The van der Waals surface area contributed by atoms with Gasteiger partial charge in [-0.1, -0.05) is 102 Å². The van der Waals surface area contributed by atoms with Crippen LogP contribution in [0.2, 0.25) is 0 Å². The lowest BCUT2D eigenvalue weighted by Gasteiger charge is -2.17. The fourth-order valence-corrected chi connectivity index (χ4v) is 4.03. The predicted octanol–water partition coefficient (Wildman–Crippen LogP) is 3.31. The molecule has 0 aromatic heterocycles. The summed E-state index contributed by atoms with van der Waals surface area (Å²) in [5.74, 6) is 0. The van der Waals surface area contributed by atoms with Crippen LogP contribution in [0.3, 0.4) is 0 Å². The van der Waals surface area contributed by atoms with Crippen molar-refractivity contribution in [1.29, 1.82) is 0 Å². The minimum absolute atomic E-state index is 0. The summed E-state index contributed by atoms with van der Waals surface area (Å²) in [6.07, 6.45) is 24.7. The summed E-state index contributed by atoms with van der Waals surface area (Å²) in [5, 5.41) is 0. The van der Waals surface area contributed by atoms with Crippen LogP contribution in [-0.4, -0.2) is 13.2 Å². The molecular formula is C25H43BrN2. The Morgan fingerprint density at radius 3 is 1.75 bits per heavy atom. The van der Waals surface area contributed by atoms with Crippen LogP contribution in [-0.2, 0) is 0 Å². The number of halogens is 1. The number of para-hydroxylation sites is 1. The van der Waals surface area contributed by atoms with Crippen molar-refractivity contribution in [2.45, 2.75) is 96.8 Å². The SMILES string of the molecule is CCCCCCCCCCCCCCCC[NH+]1C=CN(c2ccccc2)C1.[Br-]. The van der Waals surface area contributed by atoms with E-state index >= 15 is 0 Å². The molecule has 1 heterocycles. The Kier molecular flexibility index (Phi) is 15.4. The van der Waals surface area contributed by atoms with Gasteiger partial charge in [-0.3, -0.25) is 9.80 Å². The van der Waals surface area contributed by atoms with Gasteiger partial charge >= 0.3 is 0 Å². The second-order valence-corrected chi connectivity index (χ2v) is 8.28. The van der Waals surface area contributed by atoms with Crippen molar-refractivity contribution in [3.63, 3.8) is 0 Å². The summed E-state index contributed by atoms with van der Waals surface area (Å²) in [5.41, 5.74) is 1.31. The molecule has 1 aliphatic heterocycles. The molecule has 0 amide bonds. The number of anilines is 1. The molecule has 0 bridgehead atoms. The molecule has 0 saturated carbocycles. The van der Waals surface area contributed by atoms with Gasteiger partial charge in [-0.05, 0) is 25.0 Å². The number of hydrogen-bond acceptors (Lipinski definition) is 1. The second kappa shape index (κ2) is 17.1. The highest BCUT2D eigenvalue weighted by atomic mass is 79.9. The van der Waals surface area contributed by atoms with Crippen molar-refractivity contribution in [2.75, 3.05) is 18.1 Å². The van der Waals surface area contributed by atoms with Gasteiger partial charge in [-0.15, -0.1) is 0 Å². The first-order valence-corrected chi connectivity index (χ1v) is 11.7. The highest BCUT2D eigenvalue weighted by Crippen LogP contribution is 2.14. The Balaban J connectivity index is 0.00000392. The van der Waals surface area contributed by atoms with Crippen molar-refractivity contribution in [2.24, 2.45) is 0 Å². The van der Waals surface area contributed by atoms with Gasteiger partial charge < -0.3 is 17.0 Å². The Labute approximate surface area is 185 Å². The summed E-state index contributed by atoms with van der Waals surface area (Å²) in [6.45, 7) is 4.66. The van der Waals surface area contributed by atoms with E-state index < -0.39 is 0 Å². The molecule has 1 unspecified atom stereocenters. The number of rotatable bonds is 16. The molecule has 3 heteroatoms. The number of benzene rings is 1. The third-order valence-electron chi connectivity index (χ3n) is 5.80. The van der Waals surface area contributed by atoms with Gasteiger partial charge in [0.15, 0.2) is 6.67 Å². The lowest BCUT2D eigenvalue weighted by molar-refractivity contribution is -0.840. The summed E-state index contributed by atoms with van der Waals surface area (Å²) in [4.78, 5) is 3.96. The van der Waals surface area contributed by atoms with Gasteiger partial charge in [0.25, 0.3) is 0 Å². The van der Waals surface area contributed by atoms with Gasteiger partial charge in [0.1, 0.15) is 6.20 Å². The summed E-state index contributed by atoms with van der Waals surface area (Å²) < 4.78 is 0. The predicted molar refractivity (Wildman–Crippen MR) is 119 cm³/mol. The number of nitrogens with one attached hydrogen (secondary N) is 1. The molecule has 1 atom stereocenters. The van der Waals surface area contributed by atoms with E-state index in [0.717, 1.165) is 6.67 Å². The van der Waals surface area contributed by atoms with E-state index in [1.807, 2.05) is 0 Å². The Hall–Kier alpha value is -0.800. The number of nitrogens with zero attached hydrogens (tertiary/aromatic N) is 1. The fraction of sp³-hybridized carbons (Fsp3) is 0.680. The number of quaternary nitrogens is 1. The van der Waals surface area contributed by atoms with Crippen molar-refractivity contribution in [1.82, 2.24) is 0 Å². The maximum Gasteiger partial charge on any atom is 0.161 e. The molecule has 0 saturated heterocycles. The highest BCUT2D eigenvalue weighted by molar-refractivity contribution is 5.48. The average molecular weight is 452 g/mol. The van der Waals surface area contributed by atoms with Crippen molar-refractivity contribution in [3.8, 4) is 0 Å². The second-order valence-electron chi connectivity index (χ2n) is 8.28. The van der Waals surface area contributed by atoms with Gasteiger partial charge in [0, 0.05) is 5.69 Å². The van der Waals surface area contributed by atoms with Crippen LogP contribution in [0.5, 0.6) is 0 Å². The third-order valence-corrected chi connectivity index (χ3v) is 5.80. The van der Waals surface area contributed by atoms with Gasteiger partial charge in [0.2, 0.25) is 0 Å². The van der Waals surface area contributed by atoms with Crippen LogP contribution in [0, 0.1) is 0 Å². The zero-order valence-corrected chi connectivity index (χ0v) is 19.8. The molecule has 1 aromatic carbocycles. The van der Waals surface area contributed by atoms with Crippen LogP contribution >= 0.6 is 0 Å². The molecule has 160 valence electrons. The Bertz CT molecular complexity index is 489. The van der Waals surface area contributed by atoms with Crippen LogP contribution in [0.15, 0.2) is 42.7 Å². The van der Waals surface area contributed by atoms with Crippen molar-refractivity contribution >= 4 is 5.69 Å². The molecular weight excluding hydrogens is 408 g/mol. The first-order valence-electron chi connectivity index (χ1n) is 11.7. The van der Waals surface area contributed by atoms with Crippen molar-refractivity contribution < 1.29 is 21.9 Å². The molecule has 1 aromatic rings. The van der Waals surface area contributed by atoms with E-state index in [0.29, 0.717) is 0 Å². The first-order chi connectivity index (χ1) is 13.4. The lowest BCUT2D eigenvalue weighted by Crippen LogP contribution is -3.07. The quantitative estimate of drug-likeness (QED) is 0.379. The number of unbranched alkanes of at least 4 members (excludes halogenated alkanes) is 13. The van der Waals surface area contributed by atoms with E-state index in [-0.39, 0.29) is 17.0 Å². The van der Waals surface area contributed by atoms with Crippen LogP contribution in [0.4, 0.5) is 5.69 Å². The van der Waals surface area contributed by atoms with E-state index in [9.17, 15) is 0 Å². The van der Waals surface area contributed by atoms with E-state index in [1.54, 1.807) is 4.90 Å². The Morgan fingerprint density at radius 2 is 1.21 bits per heavy atom. The largest absolute Gasteiger partial charge is 1.00 e. The smallest absolute Gasteiger partial charge is 0.161 e. The van der Waals surface area contributed by atoms with Gasteiger partial charge in [-0.2, -0.15) is 0 Å². The van der Waals surface area contributed by atoms with E-state index in [4.69, 9.17) is 0 Å². The lowest BCUT2D eigenvalue weighted by atomic mass is 10.0. The topological polar surface area (TPSA) is 7.68 Å². The monoisotopic (exact) mass is 450 g/mol. The minimum Gasteiger partial charge on any atom is -1.00 e. The maximum absolute atomic E-state index is 2.36. The van der Waals surface area contributed by atoms with Crippen LogP contribution < -0.4 is 26.8 Å². The molecule has 2 rings (SSSR count). The molecule has 2 nitrogen and oxygen atoms in total. The number of hydrogen-bond donors (Lipinski definition) is 1. The first kappa shape index (κ1) is 25.2. The average Bonchev–Trinajstić information content (AvgIpc) is 3.18. The molecule has 28 heavy (non-hydrogen) atoms. The summed E-state index contributed by atoms with van der Waals surface area (Å²) >= 11 is 0. The van der Waals surface area contributed by atoms with E-state index in [2.05, 4.69) is 54.6 Å². The molecule has 0 spiro atoms. The molecule has 1 N–H and O–H groups in total. The molecule has 0 fully saturated rings. The van der Waals surface area contributed by atoms with Crippen LogP contribution in [0.25, 0.3) is 0 Å². The zero-order chi connectivity index (χ0) is 19.0. The minimum atomic E-state index is 0. The van der Waals surface area contributed by atoms with Gasteiger partial charge in [0.05, 0.1) is 12.7 Å². The summed E-state index contributed by atoms with van der Waals surface area (Å²) in [6, 6.07) is 10.7. The molecule has 0 radical (unpaired) electrons. The fourth-order valence-electron chi connectivity index (χ4n) is 4.03. The van der Waals surface area contributed by atoms with Gasteiger partial charge in [-0.25, -0.2) is 0 Å². The Morgan fingerprint density at radius 1 is 0.714 bits per heavy atom. The van der Waals surface area contributed by atoms with E-state index in [1.165, 1.54) is 102 Å². The van der Waals surface area contributed by atoms with Crippen LogP contribution in [0.1, 0.15) is 96.8 Å². The third kappa shape index (κ3) is 11.3. The molecule has 1 aliphatic rings. The van der Waals surface area contributed by atoms with Crippen molar-refractivity contribution in [3.05, 3.63) is 42.7 Å². The maximum atomic E-state index is 2.36. The molecule has 0 aliphatic carbocycles. The standard InChI is InChI=1S/C25H42N2.BrH/c1-2-3-4-5-6-7-8-9-10-11-12-13-14-18-21-26-22-23-27(24-26)25-19-16-15-17-20-25;/h15-17,19-20,22-23H,2-14,18,21,24H2,1H3;1H. The summed E-state index contributed by atoms with van der Waals surface area (Å²) in [7, 11) is 0.